The standard InChI is InChI=1S/C19H33NO4/c21-18(8-6-15-10-12-24-13-11-15)20-17(7-9-19(22)23)14-16-4-2-1-3-5-16/h15-17H,1-14H2,(H,20,21)(H,22,23). The Hall–Kier alpha value is -1.10. The molecule has 0 bridgehead atoms. The van der Waals surface area contributed by atoms with E-state index < -0.39 is 5.97 Å². The highest BCUT2D eigenvalue weighted by atomic mass is 16.5. The Morgan fingerprint density at radius 2 is 1.71 bits per heavy atom. The van der Waals surface area contributed by atoms with Gasteiger partial charge in [-0.3, -0.25) is 9.59 Å². The molecule has 1 aliphatic heterocycles. The average Bonchev–Trinajstić information content (AvgIpc) is 2.60. The van der Waals surface area contributed by atoms with Gasteiger partial charge in [-0.05, 0) is 43.9 Å². The van der Waals surface area contributed by atoms with Gasteiger partial charge in [-0.2, -0.15) is 0 Å². The summed E-state index contributed by atoms with van der Waals surface area (Å²) in [7, 11) is 0. The molecule has 1 saturated heterocycles. The number of hydrogen-bond acceptors (Lipinski definition) is 3. The van der Waals surface area contributed by atoms with Crippen molar-refractivity contribution in [3.63, 3.8) is 0 Å². The Labute approximate surface area is 145 Å². The van der Waals surface area contributed by atoms with E-state index in [1.807, 2.05) is 0 Å². The Morgan fingerprint density at radius 3 is 2.38 bits per heavy atom. The van der Waals surface area contributed by atoms with Gasteiger partial charge in [0.2, 0.25) is 5.91 Å². The number of hydrogen-bond donors (Lipinski definition) is 2. The van der Waals surface area contributed by atoms with Crippen LogP contribution in [0.4, 0.5) is 0 Å². The molecule has 0 aromatic heterocycles. The van der Waals surface area contributed by atoms with E-state index in [9.17, 15) is 9.59 Å². The Balaban J connectivity index is 1.74. The summed E-state index contributed by atoms with van der Waals surface area (Å²) in [6.07, 6.45) is 11.5. The fourth-order valence-corrected chi connectivity index (χ4v) is 4.04. The van der Waals surface area contributed by atoms with Crippen LogP contribution in [0.25, 0.3) is 0 Å². The maximum Gasteiger partial charge on any atom is 0.303 e. The predicted molar refractivity (Wildman–Crippen MR) is 92.8 cm³/mol. The lowest BCUT2D eigenvalue weighted by Gasteiger charge is -2.27. The van der Waals surface area contributed by atoms with Crippen molar-refractivity contribution in [1.82, 2.24) is 5.32 Å². The molecule has 2 aliphatic rings. The van der Waals surface area contributed by atoms with Crippen molar-refractivity contribution in [2.24, 2.45) is 11.8 Å². The highest BCUT2D eigenvalue weighted by Gasteiger charge is 2.22. The van der Waals surface area contributed by atoms with Gasteiger partial charge in [-0.15, -0.1) is 0 Å². The normalized spacial score (nSPS) is 21.3. The third-order valence-corrected chi connectivity index (χ3v) is 5.53. The first-order valence-electron chi connectivity index (χ1n) is 9.72. The second kappa shape index (κ2) is 10.7. The lowest BCUT2D eigenvalue weighted by molar-refractivity contribution is -0.137. The smallest absolute Gasteiger partial charge is 0.303 e. The van der Waals surface area contributed by atoms with Gasteiger partial charge in [0.25, 0.3) is 0 Å². The Kier molecular flexibility index (Phi) is 8.57. The van der Waals surface area contributed by atoms with E-state index >= 15 is 0 Å². The van der Waals surface area contributed by atoms with E-state index in [-0.39, 0.29) is 18.4 Å². The molecule has 138 valence electrons. The van der Waals surface area contributed by atoms with Crippen molar-refractivity contribution in [2.45, 2.75) is 83.1 Å². The van der Waals surface area contributed by atoms with Gasteiger partial charge in [0.15, 0.2) is 0 Å². The number of carboxylic acids is 1. The fourth-order valence-electron chi connectivity index (χ4n) is 4.04. The zero-order valence-electron chi connectivity index (χ0n) is 14.8. The molecule has 2 N–H and O–H groups in total. The molecule has 2 rings (SSSR count). The van der Waals surface area contributed by atoms with Crippen LogP contribution in [0.5, 0.6) is 0 Å². The summed E-state index contributed by atoms with van der Waals surface area (Å²) in [5.74, 6) is 0.557. The van der Waals surface area contributed by atoms with Crippen LogP contribution >= 0.6 is 0 Å². The van der Waals surface area contributed by atoms with Crippen molar-refractivity contribution in [3.8, 4) is 0 Å². The summed E-state index contributed by atoms with van der Waals surface area (Å²) in [6.45, 7) is 1.63. The molecule has 24 heavy (non-hydrogen) atoms. The van der Waals surface area contributed by atoms with E-state index in [0.717, 1.165) is 38.9 Å². The molecule has 1 heterocycles. The molecule has 5 nitrogen and oxygen atoms in total. The average molecular weight is 339 g/mol. The number of carboxylic acid groups (broad SMARTS) is 1. The van der Waals surface area contributed by atoms with Crippen LogP contribution in [0.2, 0.25) is 0 Å². The maximum absolute atomic E-state index is 12.3. The van der Waals surface area contributed by atoms with Crippen molar-refractivity contribution in [2.75, 3.05) is 13.2 Å². The van der Waals surface area contributed by atoms with Crippen LogP contribution in [0.3, 0.4) is 0 Å². The van der Waals surface area contributed by atoms with E-state index in [0.29, 0.717) is 24.7 Å². The molecule has 1 unspecified atom stereocenters. The van der Waals surface area contributed by atoms with Gasteiger partial charge in [0.05, 0.1) is 0 Å². The third-order valence-electron chi connectivity index (χ3n) is 5.53. The fraction of sp³-hybridized carbons (Fsp3) is 0.895. The van der Waals surface area contributed by atoms with Crippen LogP contribution in [0, 0.1) is 11.8 Å². The predicted octanol–water partition coefficient (Wildman–Crippen LogP) is 3.51. The highest BCUT2D eigenvalue weighted by molar-refractivity contribution is 5.76. The number of nitrogens with one attached hydrogen (secondary N) is 1. The molecule has 1 saturated carbocycles. The number of carbonyl (C=O) groups excluding carboxylic acids is 1. The summed E-state index contributed by atoms with van der Waals surface area (Å²) in [4.78, 5) is 23.2. The van der Waals surface area contributed by atoms with Gasteiger partial charge in [-0.1, -0.05) is 32.1 Å². The van der Waals surface area contributed by atoms with E-state index in [1.54, 1.807) is 0 Å². The molecule has 0 spiro atoms. The largest absolute Gasteiger partial charge is 0.481 e. The van der Waals surface area contributed by atoms with Gasteiger partial charge in [0.1, 0.15) is 0 Å². The van der Waals surface area contributed by atoms with E-state index in [1.165, 1.54) is 32.1 Å². The minimum Gasteiger partial charge on any atom is -0.481 e. The van der Waals surface area contributed by atoms with Crippen LogP contribution in [-0.4, -0.2) is 36.2 Å². The summed E-state index contributed by atoms with van der Waals surface area (Å²) < 4.78 is 5.35. The van der Waals surface area contributed by atoms with Crippen molar-refractivity contribution in [1.29, 1.82) is 0 Å². The second-order valence-electron chi connectivity index (χ2n) is 7.53. The van der Waals surface area contributed by atoms with E-state index in [4.69, 9.17) is 9.84 Å². The third kappa shape index (κ3) is 7.65. The minimum atomic E-state index is -0.778. The zero-order valence-corrected chi connectivity index (χ0v) is 14.8. The molecule has 1 aliphatic carbocycles. The number of aliphatic carboxylic acids is 1. The lowest BCUT2D eigenvalue weighted by Crippen LogP contribution is -2.37. The number of rotatable bonds is 9. The summed E-state index contributed by atoms with van der Waals surface area (Å²) in [6, 6.07) is 0.0198. The quantitative estimate of drug-likeness (QED) is 0.674. The van der Waals surface area contributed by atoms with Gasteiger partial charge >= 0.3 is 5.97 Å². The summed E-state index contributed by atoms with van der Waals surface area (Å²) >= 11 is 0. The highest BCUT2D eigenvalue weighted by Crippen LogP contribution is 2.28. The lowest BCUT2D eigenvalue weighted by atomic mass is 9.84. The number of carbonyl (C=O) groups is 2. The first kappa shape index (κ1) is 19.2. The van der Waals surface area contributed by atoms with Gasteiger partial charge < -0.3 is 15.2 Å². The Morgan fingerprint density at radius 1 is 1.00 bits per heavy atom. The minimum absolute atomic E-state index is 0.0198. The molecule has 1 atom stereocenters. The molecule has 0 radical (unpaired) electrons. The van der Waals surface area contributed by atoms with Gasteiger partial charge in [-0.25, -0.2) is 0 Å². The van der Waals surface area contributed by atoms with E-state index in [2.05, 4.69) is 5.32 Å². The molecule has 1 amide bonds. The van der Waals surface area contributed by atoms with Crippen LogP contribution in [0.15, 0.2) is 0 Å². The topological polar surface area (TPSA) is 75.6 Å². The molecule has 0 aromatic carbocycles. The van der Waals surface area contributed by atoms with Crippen molar-refractivity contribution >= 4 is 11.9 Å². The van der Waals surface area contributed by atoms with Crippen molar-refractivity contribution < 1.29 is 19.4 Å². The zero-order chi connectivity index (χ0) is 17.2. The summed E-state index contributed by atoms with van der Waals surface area (Å²) in [5.41, 5.74) is 0. The molecular weight excluding hydrogens is 306 g/mol. The number of amides is 1. The molecular formula is C19H33NO4. The van der Waals surface area contributed by atoms with Crippen LogP contribution < -0.4 is 5.32 Å². The first-order chi connectivity index (χ1) is 11.6. The monoisotopic (exact) mass is 339 g/mol. The molecule has 5 heteroatoms. The second-order valence-corrected chi connectivity index (χ2v) is 7.53. The maximum atomic E-state index is 12.3. The summed E-state index contributed by atoms with van der Waals surface area (Å²) in [5, 5.41) is 12.1. The van der Waals surface area contributed by atoms with Gasteiger partial charge in [0, 0.05) is 32.1 Å². The SMILES string of the molecule is O=C(O)CCC(CC1CCCCC1)NC(=O)CCC1CCOCC1. The first-order valence-corrected chi connectivity index (χ1v) is 9.72. The molecule has 0 aromatic rings. The molecule has 2 fully saturated rings. The Bertz CT molecular complexity index is 387. The number of ether oxygens (including phenoxy) is 1. The van der Waals surface area contributed by atoms with Crippen molar-refractivity contribution in [3.05, 3.63) is 0 Å². The van der Waals surface area contributed by atoms with Crippen LogP contribution in [0.1, 0.15) is 77.0 Å². The van der Waals surface area contributed by atoms with Crippen LogP contribution in [-0.2, 0) is 14.3 Å².